The molecule has 4 heteroatoms. The van der Waals surface area contributed by atoms with Crippen molar-refractivity contribution in [3.05, 3.63) is 57.9 Å². The molecule has 0 spiro atoms. The Balaban J connectivity index is 2.01. The number of fused-ring (bicyclic) bond motifs is 1. The second-order valence-corrected chi connectivity index (χ2v) is 5.55. The zero-order valence-corrected chi connectivity index (χ0v) is 12.2. The third-order valence-electron chi connectivity index (χ3n) is 2.98. The Kier molecular flexibility index (Phi) is 3.33. The maximum Gasteiger partial charge on any atom is 0.137 e. The van der Waals surface area contributed by atoms with E-state index in [1.165, 1.54) is 3.57 Å². The summed E-state index contributed by atoms with van der Waals surface area (Å²) in [5.41, 5.74) is 3.97. The number of imidazole rings is 1. The van der Waals surface area contributed by atoms with E-state index in [2.05, 4.69) is 27.6 Å². The molecular formula is C15H11IN2O. The molecule has 0 aliphatic heterocycles. The maximum absolute atomic E-state index is 10.5. The van der Waals surface area contributed by atoms with Gasteiger partial charge < -0.3 is 9.20 Å². The number of halogens is 1. The highest BCUT2D eigenvalue weighted by molar-refractivity contribution is 14.1. The molecular weight excluding hydrogens is 351 g/mol. The second-order valence-electron chi connectivity index (χ2n) is 4.31. The van der Waals surface area contributed by atoms with Gasteiger partial charge >= 0.3 is 0 Å². The third-order valence-corrected chi connectivity index (χ3v) is 3.62. The predicted octanol–water partition coefficient (Wildman–Crippen LogP) is 3.35. The largest absolute Gasteiger partial charge is 0.305 e. The van der Waals surface area contributed by atoms with Gasteiger partial charge in [-0.05, 0) is 40.3 Å². The highest BCUT2D eigenvalue weighted by atomic mass is 127. The van der Waals surface area contributed by atoms with Crippen LogP contribution in [0.2, 0.25) is 0 Å². The van der Waals surface area contributed by atoms with Crippen LogP contribution in [0.3, 0.4) is 0 Å². The minimum Gasteiger partial charge on any atom is -0.305 e. The van der Waals surface area contributed by atoms with Gasteiger partial charge in [0, 0.05) is 27.9 Å². The van der Waals surface area contributed by atoms with E-state index in [1.807, 2.05) is 53.2 Å². The van der Waals surface area contributed by atoms with E-state index in [-0.39, 0.29) is 0 Å². The second kappa shape index (κ2) is 5.13. The fraction of sp³-hybridized carbons (Fsp3) is 0.0667. The third kappa shape index (κ3) is 2.53. The molecule has 2 heterocycles. The minimum atomic E-state index is 0.462. The summed E-state index contributed by atoms with van der Waals surface area (Å²) < 4.78 is 3.20. The Labute approximate surface area is 124 Å². The number of aromatic nitrogens is 2. The molecule has 0 atom stereocenters. The summed E-state index contributed by atoms with van der Waals surface area (Å²) in [7, 11) is 0. The van der Waals surface area contributed by atoms with Gasteiger partial charge in [0.2, 0.25) is 0 Å². The van der Waals surface area contributed by atoms with Crippen molar-refractivity contribution in [2.75, 3.05) is 0 Å². The first-order valence-corrected chi connectivity index (χ1v) is 7.01. The monoisotopic (exact) mass is 362 g/mol. The first-order chi connectivity index (χ1) is 9.26. The van der Waals surface area contributed by atoms with Crippen LogP contribution >= 0.6 is 22.6 Å². The standard InChI is InChI=1S/C15H11IN2O/c16-13-5-6-15-17-14(10-18(15)9-13)12-3-1-11(2-4-12)7-8-19/h1-6,8-10H,7H2. The van der Waals surface area contributed by atoms with Gasteiger partial charge in [-0.1, -0.05) is 24.3 Å². The molecule has 3 rings (SSSR count). The Hall–Kier alpha value is -1.69. The van der Waals surface area contributed by atoms with Crippen molar-refractivity contribution in [3.8, 4) is 11.3 Å². The number of hydrogen-bond donors (Lipinski definition) is 0. The fourth-order valence-electron chi connectivity index (χ4n) is 2.01. The molecule has 1 aromatic carbocycles. The molecule has 0 saturated heterocycles. The summed E-state index contributed by atoms with van der Waals surface area (Å²) in [6, 6.07) is 12.0. The van der Waals surface area contributed by atoms with E-state index >= 15 is 0 Å². The van der Waals surface area contributed by atoms with Crippen LogP contribution < -0.4 is 0 Å². The first kappa shape index (κ1) is 12.3. The van der Waals surface area contributed by atoms with Crippen LogP contribution in [0.5, 0.6) is 0 Å². The topological polar surface area (TPSA) is 34.4 Å². The zero-order chi connectivity index (χ0) is 13.2. The molecule has 94 valence electrons. The summed E-state index contributed by atoms with van der Waals surface area (Å²) in [5.74, 6) is 0. The lowest BCUT2D eigenvalue weighted by Crippen LogP contribution is -1.85. The van der Waals surface area contributed by atoms with Crippen molar-refractivity contribution >= 4 is 34.5 Å². The number of rotatable bonds is 3. The van der Waals surface area contributed by atoms with Crippen LogP contribution in [0.4, 0.5) is 0 Å². The lowest BCUT2D eigenvalue weighted by atomic mass is 10.1. The maximum atomic E-state index is 10.5. The van der Waals surface area contributed by atoms with Crippen LogP contribution in [0.25, 0.3) is 16.9 Å². The summed E-state index contributed by atoms with van der Waals surface area (Å²) in [4.78, 5) is 15.1. The molecule has 0 saturated carbocycles. The van der Waals surface area contributed by atoms with Gasteiger partial charge in [-0.25, -0.2) is 4.98 Å². The molecule has 3 nitrogen and oxygen atoms in total. The van der Waals surface area contributed by atoms with Crippen molar-refractivity contribution in [1.29, 1.82) is 0 Å². The van der Waals surface area contributed by atoms with Gasteiger partial charge in [0.1, 0.15) is 11.9 Å². The Morgan fingerprint density at radius 2 is 1.89 bits per heavy atom. The molecule has 0 amide bonds. The Morgan fingerprint density at radius 1 is 1.11 bits per heavy atom. The SMILES string of the molecule is O=CCc1ccc(-c2cn3cc(I)ccc3n2)cc1. The molecule has 0 fully saturated rings. The van der Waals surface area contributed by atoms with Crippen molar-refractivity contribution in [3.63, 3.8) is 0 Å². The summed E-state index contributed by atoms with van der Waals surface area (Å²) >= 11 is 2.28. The van der Waals surface area contributed by atoms with Gasteiger partial charge in [-0.15, -0.1) is 0 Å². The van der Waals surface area contributed by atoms with E-state index in [9.17, 15) is 4.79 Å². The number of hydrogen-bond acceptors (Lipinski definition) is 2. The van der Waals surface area contributed by atoms with Crippen LogP contribution in [0, 0.1) is 3.57 Å². The first-order valence-electron chi connectivity index (χ1n) is 5.93. The van der Waals surface area contributed by atoms with Crippen LogP contribution in [-0.4, -0.2) is 15.7 Å². The van der Waals surface area contributed by atoms with E-state index in [4.69, 9.17) is 0 Å². The van der Waals surface area contributed by atoms with Crippen molar-refractivity contribution in [2.45, 2.75) is 6.42 Å². The molecule has 0 unspecified atom stereocenters. The Morgan fingerprint density at radius 3 is 2.63 bits per heavy atom. The molecule has 0 aliphatic rings. The lowest BCUT2D eigenvalue weighted by molar-refractivity contribution is -0.107. The normalized spacial score (nSPS) is 10.8. The molecule has 2 aromatic heterocycles. The van der Waals surface area contributed by atoms with Gasteiger partial charge in [0.05, 0.1) is 5.69 Å². The van der Waals surface area contributed by atoms with E-state index < -0.39 is 0 Å². The highest BCUT2D eigenvalue weighted by Crippen LogP contribution is 2.20. The summed E-state index contributed by atoms with van der Waals surface area (Å²) in [6.07, 6.45) is 5.45. The number of nitrogens with zero attached hydrogens (tertiary/aromatic N) is 2. The average Bonchev–Trinajstić information content (AvgIpc) is 2.83. The number of pyridine rings is 1. The smallest absolute Gasteiger partial charge is 0.137 e. The van der Waals surface area contributed by atoms with Gasteiger partial charge in [0.15, 0.2) is 0 Å². The summed E-state index contributed by atoms with van der Waals surface area (Å²) in [6.45, 7) is 0. The number of benzene rings is 1. The van der Waals surface area contributed by atoms with Crippen molar-refractivity contribution < 1.29 is 4.79 Å². The Bertz CT molecular complexity index is 731. The highest BCUT2D eigenvalue weighted by Gasteiger charge is 2.04. The minimum absolute atomic E-state index is 0.462. The molecule has 0 bridgehead atoms. The number of carbonyl (C=O) groups excluding carboxylic acids is 1. The molecule has 0 N–H and O–H groups in total. The van der Waals surface area contributed by atoms with Gasteiger partial charge in [-0.3, -0.25) is 0 Å². The van der Waals surface area contributed by atoms with E-state index in [1.54, 1.807) is 0 Å². The molecule has 0 radical (unpaired) electrons. The quantitative estimate of drug-likeness (QED) is 0.529. The van der Waals surface area contributed by atoms with Gasteiger partial charge in [0.25, 0.3) is 0 Å². The summed E-state index contributed by atoms with van der Waals surface area (Å²) in [5, 5.41) is 0. The molecule has 0 aliphatic carbocycles. The van der Waals surface area contributed by atoms with Crippen molar-refractivity contribution in [2.24, 2.45) is 0 Å². The molecule has 19 heavy (non-hydrogen) atoms. The van der Waals surface area contributed by atoms with Crippen LogP contribution in [0.1, 0.15) is 5.56 Å². The zero-order valence-electron chi connectivity index (χ0n) is 10.1. The predicted molar refractivity (Wildman–Crippen MR) is 83.1 cm³/mol. The van der Waals surface area contributed by atoms with E-state index in [0.717, 1.165) is 28.8 Å². The van der Waals surface area contributed by atoms with E-state index in [0.29, 0.717) is 6.42 Å². The van der Waals surface area contributed by atoms with Crippen LogP contribution in [-0.2, 0) is 11.2 Å². The van der Waals surface area contributed by atoms with Crippen LogP contribution in [0.15, 0.2) is 48.8 Å². The average molecular weight is 362 g/mol. The number of carbonyl (C=O) groups is 1. The fourth-order valence-corrected chi connectivity index (χ4v) is 2.49. The number of aldehydes is 1. The molecule has 3 aromatic rings. The van der Waals surface area contributed by atoms with Gasteiger partial charge in [-0.2, -0.15) is 0 Å². The van der Waals surface area contributed by atoms with Crippen molar-refractivity contribution in [1.82, 2.24) is 9.38 Å². The lowest BCUT2D eigenvalue weighted by Gasteiger charge is -1.98.